The summed E-state index contributed by atoms with van der Waals surface area (Å²) in [5.74, 6) is 0.705. The molecule has 290 valence electrons. The molecule has 0 bridgehead atoms. The smallest absolute Gasteiger partial charge is 0.160 e. The summed E-state index contributed by atoms with van der Waals surface area (Å²) in [7, 11) is 0. The van der Waals surface area contributed by atoms with Crippen LogP contribution in [0.3, 0.4) is 0 Å². The van der Waals surface area contributed by atoms with Crippen LogP contribution in [0.5, 0.6) is 0 Å². The van der Waals surface area contributed by atoms with E-state index in [9.17, 15) is 0 Å². The maximum absolute atomic E-state index is 5.19. The first-order chi connectivity index (χ1) is 30.7. The fourth-order valence-electron chi connectivity index (χ4n) is 9.74. The molecule has 0 amide bonds. The molecule has 0 atom stereocenters. The molecule has 2 nitrogen and oxygen atoms in total. The van der Waals surface area contributed by atoms with Crippen molar-refractivity contribution < 1.29 is 0 Å². The molecule has 12 rings (SSSR count). The molecular formula is C59H38N2S. The third-order valence-electron chi connectivity index (χ3n) is 12.6. The number of rotatable bonds is 7. The van der Waals surface area contributed by atoms with Crippen molar-refractivity contribution in [3.63, 3.8) is 0 Å². The summed E-state index contributed by atoms with van der Waals surface area (Å²) in [5, 5.41) is 2.60. The van der Waals surface area contributed by atoms with Crippen LogP contribution in [0.2, 0.25) is 0 Å². The molecule has 0 radical (unpaired) electrons. The van der Waals surface area contributed by atoms with Crippen LogP contribution in [0, 0.1) is 0 Å². The molecule has 1 aliphatic carbocycles. The Kier molecular flexibility index (Phi) is 8.62. The topological polar surface area (TPSA) is 25.8 Å². The summed E-state index contributed by atoms with van der Waals surface area (Å²) >= 11 is 1.86. The molecule has 2 heterocycles. The second-order valence-electron chi connectivity index (χ2n) is 16.1. The Hall–Kier alpha value is -7.72. The van der Waals surface area contributed by atoms with Crippen molar-refractivity contribution in [2.75, 3.05) is 0 Å². The Morgan fingerprint density at radius 2 is 0.871 bits per heavy atom. The van der Waals surface area contributed by atoms with Crippen molar-refractivity contribution in [3.05, 3.63) is 253 Å². The van der Waals surface area contributed by atoms with E-state index in [-0.39, 0.29) is 0 Å². The van der Waals surface area contributed by atoms with Gasteiger partial charge in [-0.1, -0.05) is 206 Å². The Bertz CT molecular complexity index is 3400. The predicted molar refractivity (Wildman–Crippen MR) is 259 cm³/mol. The number of fused-ring (bicyclic) bond motifs is 6. The first-order valence-corrected chi connectivity index (χ1v) is 22.0. The summed E-state index contributed by atoms with van der Waals surface area (Å²) in [4.78, 5) is 10.4. The van der Waals surface area contributed by atoms with Crippen LogP contribution in [0.4, 0.5) is 0 Å². The predicted octanol–water partition coefficient (Wildman–Crippen LogP) is 15.5. The lowest BCUT2D eigenvalue weighted by Gasteiger charge is -2.33. The minimum atomic E-state index is -0.413. The summed E-state index contributed by atoms with van der Waals surface area (Å²) < 4.78 is 2.61. The summed E-state index contributed by atoms with van der Waals surface area (Å²) in [6.45, 7) is 0. The van der Waals surface area contributed by atoms with Gasteiger partial charge in [0.05, 0.1) is 16.8 Å². The average Bonchev–Trinajstić information content (AvgIpc) is 3.89. The zero-order chi connectivity index (χ0) is 41.0. The molecule has 0 spiro atoms. The molecule has 0 fully saturated rings. The van der Waals surface area contributed by atoms with E-state index in [0.29, 0.717) is 5.82 Å². The van der Waals surface area contributed by atoms with Gasteiger partial charge in [0, 0.05) is 36.9 Å². The lowest BCUT2D eigenvalue weighted by atomic mass is 9.67. The molecule has 9 aromatic carbocycles. The molecular weight excluding hydrogens is 769 g/mol. The monoisotopic (exact) mass is 806 g/mol. The number of thiophene rings is 1. The van der Waals surface area contributed by atoms with E-state index in [0.717, 1.165) is 33.6 Å². The zero-order valence-electron chi connectivity index (χ0n) is 33.7. The van der Waals surface area contributed by atoms with Crippen molar-refractivity contribution >= 4 is 31.5 Å². The quantitative estimate of drug-likeness (QED) is 0.160. The summed E-state index contributed by atoms with van der Waals surface area (Å²) in [5.41, 5.74) is 16.9. The van der Waals surface area contributed by atoms with E-state index in [1.807, 2.05) is 29.5 Å². The highest BCUT2D eigenvalue weighted by atomic mass is 32.1. The van der Waals surface area contributed by atoms with Gasteiger partial charge in [-0.3, -0.25) is 0 Å². The zero-order valence-corrected chi connectivity index (χ0v) is 34.6. The van der Waals surface area contributed by atoms with Gasteiger partial charge in [0.1, 0.15) is 0 Å². The molecule has 0 saturated heterocycles. The van der Waals surface area contributed by atoms with Gasteiger partial charge in [-0.2, -0.15) is 0 Å². The van der Waals surface area contributed by atoms with Crippen molar-refractivity contribution in [3.8, 4) is 67.3 Å². The van der Waals surface area contributed by atoms with Crippen molar-refractivity contribution in [2.45, 2.75) is 5.41 Å². The van der Waals surface area contributed by atoms with Gasteiger partial charge >= 0.3 is 0 Å². The molecule has 0 saturated carbocycles. The van der Waals surface area contributed by atoms with Crippen LogP contribution < -0.4 is 0 Å². The Labute approximate surface area is 365 Å². The first-order valence-electron chi connectivity index (χ1n) is 21.1. The number of hydrogen-bond donors (Lipinski definition) is 0. The first kappa shape index (κ1) is 36.2. The molecule has 0 aliphatic heterocycles. The maximum atomic E-state index is 5.19. The highest BCUT2D eigenvalue weighted by molar-refractivity contribution is 7.26. The Balaban J connectivity index is 0.942. The maximum Gasteiger partial charge on any atom is 0.160 e. The number of benzene rings is 9. The minimum absolute atomic E-state index is 0.413. The van der Waals surface area contributed by atoms with E-state index in [4.69, 9.17) is 9.97 Å². The van der Waals surface area contributed by atoms with Crippen molar-refractivity contribution in [1.82, 2.24) is 9.97 Å². The normalized spacial score (nSPS) is 12.6. The van der Waals surface area contributed by atoms with Crippen LogP contribution in [-0.4, -0.2) is 9.97 Å². The highest BCUT2D eigenvalue weighted by Crippen LogP contribution is 2.56. The van der Waals surface area contributed by atoms with Gasteiger partial charge in [-0.25, -0.2) is 9.97 Å². The Morgan fingerprint density at radius 1 is 0.323 bits per heavy atom. The van der Waals surface area contributed by atoms with E-state index in [2.05, 4.69) is 212 Å². The van der Waals surface area contributed by atoms with Crippen LogP contribution in [0.15, 0.2) is 231 Å². The fraction of sp³-hybridized carbons (Fsp3) is 0.0169. The van der Waals surface area contributed by atoms with Gasteiger partial charge < -0.3 is 0 Å². The summed E-state index contributed by atoms with van der Waals surface area (Å²) in [6, 6.07) is 83.4. The van der Waals surface area contributed by atoms with Gasteiger partial charge in [0.15, 0.2) is 5.82 Å². The number of aromatic nitrogens is 2. The Morgan fingerprint density at radius 3 is 1.65 bits per heavy atom. The summed E-state index contributed by atoms with van der Waals surface area (Å²) in [6.07, 6.45) is 0. The van der Waals surface area contributed by atoms with E-state index >= 15 is 0 Å². The highest BCUT2D eigenvalue weighted by Gasteiger charge is 2.45. The van der Waals surface area contributed by atoms with Gasteiger partial charge in [-0.15, -0.1) is 11.3 Å². The lowest BCUT2D eigenvalue weighted by molar-refractivity contribution is 0.768. The van der Waals surface area contributed by atoms with Gasteiger partial charge in [0.2, 0.25) is 0 Å². The molecule has 1 aliphatic rings. The second kappa shape index (κ2) is 14.8. The van der Waals surface area contributed by atoms with Gasteiger partial charge in [-0.05, 0) is 79.9 Å². The van der Waals surface area contributed by atoms with Crippen LogP contribution >= 0.6 is 11.3 Å². The average molecular weight is 807 g/mol. The SMILES string of the molecule is c1ccc(-c2nc(-c3ccc(-c4ccc5c(c4)-c4ccccc4C5(c4ccccc4)c4ccccc4)cc3)cc(-c3cccc(-c4cccc5c4sc4ccccc45)c3)n2)cc1. The second-order valence-corrected chi connectivity index (χ2v) is 17.1. The third kappa shape index (κ3) is 5.85. The molecule has 0 N–H and O–H groups in total. The van der Waals surface area contributed by atoms with Crippen LogP contribution in [0.1, 0.15) is 22.3 Å². The lowest BCUT2D eigenvalue weighted by Crippen LogP contribution is -2.28. The largest absolute Gasteiger partial charge is 0.228 e. The number of nitrogens with zero attached hydrogens (tertiary/aromatic N) is 2. The molecule has 2 aromatic heterocycles. The van der Waals surface area contributed by atoms with Crippen LogP contribution in [0.25, 0.3) is 87.5 Å². The molecule has 3 heteroatoms. The minimum Gasteiger partial charge on any atom is -0.228 e. The molecule has 0 unspecified atom stereocenters. The van der Waals surface area contributed by atoms with Crippen molar-refractivity contribution in [2.24, 2.45) is 0 Å². The molecule has 11 aromatic rings. The van der Waals surface area contributed by atoms with E-state index < -0.39 is 5.41 Å². The third-order valence-corrected chi connectivity index (χ3v) is 13.8. The van der Waals surface area contributed by atoms with Crippen LogP contribution in [-0.2, 0) is 5.41 Å². The standard InChI is InChI=1S/C59H38N2S/c1-4-16-41(17-5-1)58-60-54(38-55(61-58)44-19-14-18-43(36-44)47-26-15-27-50-49-25-11-13-29-56(49)62-57(47)50)40-32-30-39(31-33-40)42-34-35-53-51(37-42)48-24-10-12-28-52(48)59(53,45-20-6-2-7-21-45)46-22-8-3-9-23-46/h1-38H. The van der Waals surface area contributed by atoms with Crippen molar-refractivity contribution in [1.29, 1.82) is 0 Å². The number of hydrogen-bond acceptors (Lipinski definition) is 3. The fourth-order valence-corrected chi connectivity index (χ4v) is 11.0. The van der Waals surface area contributed by atoms with Gasteiger partial charge in [0.25, 0.3) is 0 Å². The van der Waals surface area contributed by atoms with E-state index in [1.165, 1.54) is 70.2 Å². The molecule has 62 heavy (non-hydrogen) atoms. The van der Waals surface area contributed by atoms with E-state index in [1.54, 1.807) is 0 Å².